The van der Waals surface area contributed by atoms with Gasteiger partial charge in [-0.05, 0) is 15.9 Å². The number of rotatable bonds is 1. The minimum Gasteiger partial charge on any atom is -0.475 e. The first-order valence-electron chi connectivity index (χ1n) is 3.67. The summed E-state index contributed by atoms with van der Waals surface area (Å²) in [6.07, 6.45) is 1.32. The van der Waals surface area contributed by atoms with Gasteiger partial charge >= 0.3 is 5.97 Å². The van der Waals surface area contributed by atoms with Crippen molar-refractivity contribution < 1.29 is 9.90 Å². The second-order valence-electron chi connectivity index (χ2n) is 2.64. The molecule has 6 nitrogen and oxygen atoms in total. The first-order chi connectivity index (χ1) is 6.61. The van der Waals surface area contributed by atoms with Gasteiger partial charge in [-0.3, -0.25) is 0 Å². The first kappa shape index (κ1) is 9.07. The Balaban J connectivity index is 2.87. The lowest BCUT2D eigenvalue weighted by molar-refractivity contribution is 0.0680. The van der Waals surface area contributed by atoms with Crippen molar-refractivity contribution in [1.82, 2.24) is 19.5 Å². The second-order valence-corrected chi connectivity index (χ2v) is 3.39. The van der Waals surface area contributed by atoms with Gasteiger partial charge in [0, 0.05) is 7.05 Å². The average Bonchev–Trinajstić information content (AvgIpc) is 2.45. The normalized spacial score (nSPS) is 10.7. The lowest BCUT2D eigenvalue weighted by atomic mass is 10.5. The molecule has 14 heavy (non-hydrogen) atoms. The van der Waals surface area contributed by atoms with Crippen molar-refractivity contribution in [3.8, 4) is 0 Å². The number of carboxylic acids is 1. The average molecular weight is 257 g/mol. The summed E-state index contributed by atoms with van der Waals surface area (Å²) in [6.45, 7) is 0. The molecule has 0 unspecified atom stereocenters. The summed E-state index contributed by atoms with van der Waals surface area (Å²) in [4.78, 5) is 22.4. The van der Waals surface area contributed by atoms with Crippen LogP contribution in [0.15, 0.2) is 10.9 Å². The third kappa shape index (κ3) is 1.17. The second kappa shape index (κ2) is 3.02. The Morgan fingerprint density at radius 3 is 2.86 bits per heavy atom. The fourth-order valence-corrected chi connectivity index (χ4v) is 1.73. The molecule has 0 saturated carbocycles. The molecule has 0 atom stereocenters. The molecule has 0 radical (unpaired) electrons. The standard InChI is InChI=1S/C7H5BrN4O2/c1-12-3-4(8)9-2-10-5(3)11-6(12)7(13)14/h2H,1H3,(H,13,14). The molecular formula is C7H5BrN4O2. The van der Waals surface area contributed by atoms with Crippen LogP contribution >= 0.6 is 15.9 Å². The van der Waals surface area contributed by atoms with Crippen molar-refractivity contribution in [1.29, 1.82) is 0 Å². The van der Waals surface area contributed by atoms with Crippen molar-refractivity contribution in [3.05, 3.63) is 16.8 Å². The minimum absolute atomic E-state index is 0.0544. The van der Waals surface area contributed by atoms with Gasteiger partial charge in [0.2, 0.25) is 5.82 Å². The van der Waals surface area contributed by atoms with Gasteiger partial charge in [0.05, 0.1) is 0 Å². The van der Waals surface area contributed by atoms with Crippen LogP contribution in [0.25, 0.3) is 11.2 Å². The summed E-state index contributed by atoms with van der Waals surface area (Å²) in [5.41, 5.74) is 0.941. The molecule has 2 heterocycles. The van der Waals surface area contributed by atoms with Crippen LogP contribution < -0.4 is 0 Å². The van der Waals surface area contributed by atoms with Crippen LogP contribution in [0.2, 0.25) is 0 Å². The highest BCUT2D eigenvalue weighted by Crippen LogP contribution is 2.19. The van der Waals surface area contributed by atoms with E-state index >= 15 is 0 Å². The quantitative estimate of drug-likeness (QED) is 0.765. The molecular weight excluding hydrogens is 252 g/mol. The molecule has 0 spiro atoms. The van der Waals surface area contributed by atoms with Gasteiger partial charge in [0.1, 0.15) is 16.4 Å². The van der Waals surface area contributed by atoms with E-state index in [0.717, 1.165) is 0 Å². The molecule has 0 aromatic carbocycles. The van der Waals surface area contributed by atoms with Crippen molar-refractivity contribution in [2.24, 2.45) is 7.05 Å². The molecule has 0 fully saturated rings. The Hall–Kier alpha value is -1.50. The monoisotopic (exact) mass is 256 g/mol. The van der Waals surface area contributed by atoms with E-state index in [-0.39, 0.29) is 5.82 Å². The highest BCUT2D eigenvalue weighted by Gasteiger charge is 2.16. The van der Waals surface area contributed by atoms with E-state index in [1.807, 2.05) is 0 Å². The SMILES string of the molecule is Cn1c(C(=O)O)nc2ncnc(Br)c21. The van der Waals surface area contributed by atoms with Gasteiger partial charge < -0.3 is 9.67 Å². The number of fused-ring (bicyclic) bond motifs is 1. The van der Waals surface area contributed by atoms with Gasteiger partial charge in [0.25, 0.3) is 0 Å². The Morgan fingerprint density at radius 1 is 1.57 bits per heavy atom. The largest absolute Gasteiger partial charge is 0.475 e. The molecule has 2 rings (SSSR count). The van der Waals surface area contributed by atoms with Crippen molar-refractivity contribution >= 4 is 33.1 Å². The fraction of sp³-hybridized carbons (Fsp3) is 0.143. The zero-order valence-corrected chi connectivity index (χ0v) is 8.69. The van der Waals surface area contributed by atoms with Crippen LogP contribution in [0.1, 0.15) is 10.6 Å². The van der Waals surface area contributed by atoms with Gasteiger partial charge in [0.15, 0.2) is 5.65 Å². The third-order valence-electron chi connectivity index (χ3n) is 1.81. The van der Waals surface area contributed by atoms with Crippen molar-refractivity contribution in [2.75, 3.05) is 0 Å². The van der Waals surface area contributed by atoms with E-state index in [1.54, 1.807) is 7.05 Å². The van der Waals surface area contributed by atoms with Crippen LogP contribution in [0.3, 0.4) is 0 Å². The molecule has 1 N–H and O–H groups in total. The number of carboxylic acid groups (broad SMARTS) is 1. The molecule has 0 aliphatic heterocycles. The van der Waals surface area contributed by atoms with Crippen LogP contribution in [-0.4, -0.2) is 30.6 Å². The van der Waals surface area contributed by atoms with Gasteiger partial charge in [-0.25, -0.2) is 19.7 Å². The summed E-state index contributed by atoms with van der Waals surface area (Å²) in [5, 5.41) is 8.81. The Bertz CT molecular complexity index is 522. The van der Waals surface area contributed by atoms with Crippen LogP contribution in [-0.2, 0) is 7.05 Å². The van der Waals surface area contributed by atoms with E-state index in [1.165, 1.54) is 10.9 Å². The maximum atomic E-state index is 10.8. The number of nitrogens with zero attached hydrogens (tertiary/aromatic N) is 4. The van der Waals surface area contributed by atoms with E-state index < -0.39 is 5.97 Å². The van der Waals surface area contributed by atoms with E-state index in [4.69, 9.17) is 5.11 Å². The maximum absolute atomic E-state index is 10.8. The number of imidazole rings is 1. The number of aromatic nitrogens is 4. The van der Waals surface area contributed by atoms with Crippen LogP contribution in [0, 0.1) is 0 Å². The predicted molar refractivity (Wildman–Crippen MR) is 51.0 cm³/mol. The van der Waals surface area contributed by atoms with Crippen molar-refractivity contribution in [2.45, 2.75) is 0 Å². The van der Waals surface area contributed by atoms with Crippen LogP contribution in [0.4, 0.5) is 0 Å². The van der Waals surface area contributed by atoms with E-state index in [2.05, 4.69) is 30.9 Å². The molecule has 7 heteroatoms. The highest BCUT2D eigenvalue weighted by atomic mass is 79.9. The number of carbonyl (C=O) groups is 1. The fourth-order valence-electron chi connectivity index (χ4n) is 1.19. The molecule has 0 bridgehead atoms. The number of aryl methyl sites for hydroxylation is 1. The molecule has 2 aromatic heterocycles. The van der Waals surface area contributed by atoms with Gasteiger partial charge in [-0.2, -0.15) is 0 Å². The third-order valence-corrected chi connectivity index (χ3v) is 2.39. The molecule has 0 aliphatic rings. The molecule has 0 amide bonds. The predicted octanol–water partition coefficient (Wildman–Crippen LogP) is 0.824. The highest BCUT2D eigenvalue weighted by molar-refractivity contribution is 9.10. The lowest BCUT2D eigenvalue weighted by Crippen LogP contribution is -2.05. The number of aromatic carboxylic acids is 1. The molecule has 72 valence electrons. The van der Waals surface area contributed by atoms with Gasteiger partial charge in [-0.1, -0.05) is 0 Å². The van der Waals surface area contributed by atoms with E-state index in [9.17, 15) is 4.79 Å². The number of hydrogen-bond acceptors (Lipinski definition) is 4. The summed E-state index contributed by atoms with van der Waals surface area (Å²) in [7, 11) is 1.60. The number of hydrogen-bond donors (Lipinski definition) is 1. The summed E-state index contributed by atoms with van der Waals surface area (Å²) in [6, 6.07) is 0. The molecule has 0 saturated heterocycles. The summed E-state index contributed by atoms with van der Waals surface area (Å²) in [5.74, 6) is -1.14. The zero-order valence-electron chi connectivity index (χ0n) is 7.10. The molecule has 0 aliphatic carbocycles. The number of halogens is 1. The van der Waals surface area contributed by atoms with Crippen molar-refractivity contribution in [3.63, 3.8) is 0 Å². The topological polar surface area (TPSA) is 80.9 Å². The zero-order chi connectivity index (χ0) is 10.3. The maximum Gasteiger partial charge on any atom is 0.372 e. The Labute approximate surface area is 86.7 Å². The van der Waals surface area contributed by atoms with Gasteiger partial charge in [-0.15, -0.1) is 0 Å². The van der Waals surface area contributed by atoms with E-state index in [0.29, 0.717) is 15.8 Å². The smallest absolute Gasteiger partial charge is 0.372 e. The lowest BCUT2D eigenvalue weighted by Gasteiger charge is -1.96. The molecule has 2 aromatic rings. The summed E-state index contributed by atoms with van der Waals surface area (Å²) < 4.78 is 1.96. The van der Waals surface area contributed by atoms with Crippen LogP contribution in [0.5, 0.6) is 0 Å². The Kier molecular flexibility index (Phi) is 1.95. The summed E-state index contributed by atoms with van der Waals surface area (Å²) >= 11 is 3.21. The minimum atomic E-state index is -1.09. The Morgan fingerprint density at radius 2 is 2.29 bits per heavy atom. The first-order valence-corrected chi connectivity index (χ1v) is 4.46.